The first-order chi connectivity index (χ1) is 7.69. The molecular weight excluding hydrogens is 206 g/mol. The van der Waals surface area contributed by atoms with Crippen LogP contribution in [0, 0.1) is 11.8 Å². The molecule has 0 spiro atoms. The summed E-state index contributed by atoms with van der Waals surface area (Å²) in [6.07, 6.45) is 4.42. The van der Waals surface area contributed by atoms with Gasteiger partial charge in [0.1, 0.15) is 0 Å². The van der Waals surface area contributed by atoms with Crippen LogP contribution in [-0.2, 0) is 0 Å². The van der Waals surface area contributed by atoms with Gasteiger partial charge in [-0.05, 0) is 24.7 Å². The van der Waals surface area contributed by atoms with Crippen LogP contribution in [0.25, 0.3) is 0 Å². The van der Waals surface area contributed by atoms with E-state index in [4.69, 9.17) is 10.9 Å². The van der Waals surface area contributed by atoms with Crippen LogP contribution >= 0.6 is 0 Å². The number of hydrogen-bond acceptors (Lipinski definition) is 4. The van der Waals surface area contributed by atoms with Crippen molar-refractivity contribution in [1.29, 1.82) is 0 Å². The summed E-state index contributed by atoms with van der Waals surface area (Å²) >= 11 is 0. The summed E-state index contributed by atoms with van der Waals surface area (Å²) in [5.74, 6) is 1.46. The quantitative estimate of drug-likeness (QED) is 0.278. The van der Waals surface area contributed by atoms with E-state index in [1.807, 2.05) is 0 Å². The predicted octanol–water partition coefficient (Wildman–Crippen LogP) is 0.216. The minimum Gasteiger partial charge on any atom is -0.409 e. The average Bonchev–Trinajstić information content (AvgIpc) is 3.07. The highest BCUT2D eigenvalue weighted by molar-refractivity contribution is 5.81. The zero-order chi connectivity index (χ0) is 11.5. The van der Waals surface area contributed by atoms with E-state index in [0.29, 0.717) is 12.5 Å². The van der Waals surface area contributed by atoms with Crippen molar-refractivity contribution in [2.75, 3.05) is 19.6 Å². The van der Waals surface area contributed by atoms with Gasteiger partial charge in [0.15, 0.2) is 5.84 Å². The van der Waals surface area contributed by atoms with Gasteiger partial charge in [0.2, 0.25) is 0 Å². The molecule has 1 saturated heterocycles. The lowest BCUT2D eigenvalue weighted by atomic mass is 9.90. The van der Waals surface area contributed by atoms with Gasteiger partial charge in [-0.2, -0.15) is 0 Å². The van der Waals surface area contributed by atoms with Crippen molar-refractivity contribution in [3.8, 4) is 0 Å². The standard InChI is InChI=1S/C11H21N3O2/c12-11(13-16)7-14-4-3-10(15)9(6-14)5-8-1-2-8/h8-10,15-16H,1-7H2,(H2,12,13). The number of likely N-dealkylation sites (tertiary alicyclic amines) is 1. The van der Waals surface area contributed by atoms with Crippen LogP contribution in [0.5, 0.6) is 0 Å². The first-order valence-electron chi connectivity index (χ1n) is 6.06. The number of nitrogens with zero attached hydrogens (tertiary/aromatic N) is 2. The van der Waals surface area contributed by atoms with E-state index in [-0.39, 0.29) is 11.9 Å². The molecule has 1 aliphatic heterocycles. The summed E-state index contributed by atoms with van der Waals surface area (Å²) in [5.41, 5.74) is 5.49. The summed E-state index contributed by atoms with van der Waals surface area (Å²) in [5, 5.41) is 21.4. The molecule has 2 aliphatic rings. The molecule has 0 aromatic carbocycles. The van der Waals surface area contributed by atoms with Gasteiger partial charge in [0.25, 0.3) is 0 Å². The van der Waals surface area contributed by atoms with Gasteiger partial charge < -0.3 is 16.0 Å². The molecule has 1 aliphatic carbocycles. The Morgan fingerprint density at radius 2 is 2.12 bits per heavy atom. The van der Waals surface area contributed by atoms with E-state index in [1.165, 1.54) is 12.8 Å². The molecule has 1 saturated carbocycles. The van der Waals surface area contributed by atoms with Crippen molar-refractivity contribution in [1.82, 2.24) is 4.90 Å². The highest BCUT2D eigenvalue weighted by Gasteiger charge is 2.33. The first-order valence-corrected chi connectivity index (χ1v) is 6.06. The lowest BCUT2D eigenvalue weighted by Gasteiger charge is -2.36. The van der Waals surface area contributed by atoms with Gasteiger partial charge in [-0.3, -0.25) is 4.90 Å². The van der Waals surface area contributed by atoms with Crippen LogP contribution in [0.4, 0.5) is 0 Å². The minimum absolute atomic E-state index is 0.163. The molecule has 0 bridgehead atoms. The Kier molecular flexibility index (Phi) is 3.66. The fraction of sp³-hybridized carbons (Fsp3) is 0.909. The highest BCUT2D eigenvalue weighted by atomic mass is 16.4. The van der Waals surface area contributed by atoms with Gasteiger partial charge in [-0.25, -0.2) is 0 Å². The molecule has 5 heteroatoms. The number of oxime groups is 1. The zero-order valence-electron chi connectivity index (χ0n) is 9.55. The molecule has 92 valence electrons. The summed E-state index contributed by atoms with van der Waals surface area (Å²) in [4.78, 5) is 2.16. The van der Waals surface area contributed by atoms with E-state index in [9.17, 15) is 5.11 Å². The average molecular weight is 227 g/mol. The van der Waals surface area contributed by atoms with Crippen LogP contribution in [0.3, 0.4) is 0 Å². The molecule has 1 heterocycles. The van der Waals surface area contributed by atoms with Gasteiger partial charge >= 0.3 is 0 Å². The van der Waals surface area contributed by atoms with E-state index in [1.54, 1.807) is 0 Å². The van der Waals surface area contributed by atoms with Gasteiger partial charge in [0, 0.05) is 13.1 Å². The van der Waals surface area contributed by atoms with Gasteiger partial charge in [-0.15, -0.1) is 0 Å². The molecule has 0 amide bonds. The Hall–Kier alpha value is -0.810. The molecule has 16 heavy (non-hydrogen) atoms. The molecule has 4 N–H and O–H groups in total. The van der Waals surface area contributed by atoms with Gasteiger partial charge in [-0.1, -0.05) is 18.0 Å². The zero-order valence-corrected chi connectivity index (χ0v) is 9.55. The maximum absolute atomic E-state index is 9.92. The molecule has 2 rings (SSSR count). The largest absolute Gasteiger partial charge is 0.409 e. The summed E-state index contributed by atoms with van der Waals surface area (Å²) in [6.45, 7) is 2.21. The molecule has 5 nitrogen and oxygen atoms in total. The monoisotopic (exact) mass is 227 g/mol. The Balaban J connectivity index is 1.82. The Morgan fingerprint density at radius 3 is 2.75 bits per heavy atom. The second-order valence-corrected chi connectivity index (χ2v) is 5.12. The third-order valence-corrected chi connectivity index (χ3v) is 3.63. The molecule has 0 aromatic rings. The second kappa shape index (κ2) is 5.01. The maximum Gasteiger partial charge on any atom is 0.153 e. The van der Waals surface area contributed by atoms with E-state index >= 15 is 0 Å². The number of rotatable bonds is 4. The van der Waals surface area contributed by atoms with Crippen LogP contribution in [0.1, 0.15) is 25.7 Å². The molecule has 0 aromatic heterocycles. The molecular formula is C11H21N3O2. The van der Waals surface area contributed by atoms with Crippen LogP contribution in [0.2, 0.25) is 0 Å². The number of aliphatic hydroxyl groups is 1. The number of hydrogen-bond donors (Lipinski definition) is 3. The Bertz CT molecular complexity index is 266. The van der Waals surface area contributed by atoms with Crippen molar-refractivity contribution >= 4 is 5.84 Å². The number of nitrogens with two attached hydrogens (primary N) is 1. The topological polar surface area (TPSA) is 82.1 Å². The van der Waals surface area contributed by atoms with Crippen molar-refractivity contribution in [2.45, 2.75) is 31.8 Å². The van der Waals surface area contributed by atoms with Crippen LogP contribution < -0.4 is 5.73 Å². The van der Waals surface area contributed by atoms with Crippen molar-refractivity contribution < 1.29 is 10.3 Å². The fourth-order valence-corrected chi connectivity index (χ4v) is 2.51. The molecule has 0 radical (unpaired) electrons. The van der Waals surface area contributed by atoms with Crippen LogP contribution in [0.15, 0.2) is 5.16 Å². The van der Waals surface area contributed by atoms with Gasteiger partial charge in [0.05, 0.1) is 12.6 Å². The molecule has 2 fully saturated rings. The smallest absolute Gasteiger partial charge is 0.153 e. The highest BCUT2D eigenvalue weighted by Crippen LogP contribution is 2.37. The number of aliphatic hydroxyl groups excluding tert-OH is 1. The Labute approximate surface area is 95.9 Å². The van der Waals surface area contributed by atoms with E-state index in [0.717, 1.165) is 31.8 Å². The SMILES string of the molecule is N/C(CN1CCC(O)C(CC2CC2)C1)=N\O. The lowest BCUT2D eigenvalue weighted by Crippen LogP contribution is -2.46. The molecule has 2 atom stereocenters. The lowest BCUT2D eigenvalue weighted by molar-refractivity contribution is 0.0258. The third-order valence-electron chi connectivity index (χ3n) is 3.63. The second-order valence-electron chi connectivity index (χ2n) is 5.12. The summed E-state index contributed by atoms with van der Waals surface area (Å²) in [7, 11) is 0. The van der Waals surface area contributed by atoms with Crippen LogP contribution in [-0.4, -0.2) is 46.8 Å². The van der Waals surface area contributed by atoms with E-state index in [2.05, 4.69) is 10.1 Å². The molecule has 2 unspecified atom stereocenters. The normalized spacial score (nSPS) is 32.9. The van der Waals surface area contributed by atoms with Crippen molar-refractivity contribution in [3.63, 3.8) is 0 Å². The number of piperidine rings is 1. The minimum atomic E-state index is -0.163. The summed E-state index contributed by atoms with van der Waals surface area (Å²) in [6, 6.07) is 0. The number of amidine groups is 1. The first kappa shape index (κ1) is 11.7. The Morgan fingerprint density at radius 1 is 1.38 bits per heavy atom. The summed E-state index contributed by atoms with van der Waals surface area (Å²) < 4.78 is 0. The van der Waals surface area contributed by atoms with Crippen molar-refractivity contribution in [3.05, 3.63) is 0 Å². The fourth-order valence-electron chi connectivity index (χ4n) is 2.51. The predicted molar refractivity (Wildman–Crippen MR) is 61.3 cm³/mol. The van der Waals surface area contributed by atoms with Crippen molar-refractivity contribution in [2.24, 2.45) is 22.7 Å². The maximum atomic E-state index is 9.92. The van der Waals surface area contributed by atoms with E-state index < -0.39 is 0 Å². The third kappa shape index (κ3) is 3.09.